The van der Waals surface area contributed by atoms with Crippen molar-refractivity contribution in [1.29, 1.82) is 0 Å². The van der Waals surface area contributed by atoms with Crippen LogP contribution in [0.15, 0.2) is 34.3 Å². The van der Waals surface area contributed by atoms with Crippen LogP contribution in [-0.2, 0) is 6.18 Å². The van der Waals surface area contributed by atoms with Crippen LogP contribution in [0, 0.1) is 17.0 Å². The van der Waals surface area contributed by atoms with E-state index in [1.54, 1.807) is 0 Å². The number of non-ortho nitro benzene ring substituents is 1. The average molecular weight is 343 g/mol. The number of hydrogen-bond donors (Lipinski definition) is 0. The summed E-state index contributed by atoms with van der Waals surface area (Å²) in [4.78, 5) is 28.5. The molecule has 1 aromatic carbocycles. The monoisotopic (exact) mass is 343 g/mol. The first-order valence-electron chi connectivity index (χ1n) is 6.05. The van der Waals surface area contributed by atoms with E-state index in [0.717, 1.165) is 30.0 Å². The summed E-state index contributed by atoms with van der Waals surface area (Å²) in [5, 5.41) is 10.5. The number of aldehydes is 1. The van der Waals surface area contributed by atoms with Crippen molar-refractivity contribution < 1.29 is 22.9 Å². The molecule has 10 heteroatoms. The van der Waals surface area contributed by atoms with Crippen molar-refractivity contribution >= 4 is 23.7 Å². The van der Waals surface area contributed by atoms with Crippen LogP contribution in [0.3, 0.4) is 0 Å². The molecule has 0 aliphatic carbocycles. The molecule has 23 heavy (non-hydrogen) atoms. The molecule has 120 valence electrons. The van der Waals surface area contributed by atoms with E-state index in [2.05, 4.69) is 9.97 Å². The summed E-state index contributed by atoms with van der Waals surface area (Å²) >= 11 is 0.728. The second kappa shape index (κ2) is 6.32. The minimum Gasteiger partial charge on any atom is -0.298 e. The molecule has 0 saturated heterocycles. The van der Waals surface area contributed by atoms with Gasteiger partial charge in [-0.3, -0.25) is 14.9 Å². The van der Waals surface area contributed by atoms with E-state index in [-0.39, 0.29) is 27.0 Å². The van der Waals surface area contributed by atoms with Crippen LogP contribution in [0.4, 0.5) is 18.9 Å². The number of alkyl halides is 3. The number of aromatic nitrogens is 2. The standard InChI is InChI=1S/C13H8F3N3O3S/c1-7-4-11(13(14,15)16)18-12(17-7)23-10-3-2-9(19(21)22)5-8(10)6-20/h2-6H,1H3. The first kappa shape index (κ1) is 16.9. The van der Waals surface area contributed by atoms with Gasteiger partial charge in [0.1, 0.15) is 5.69 Å². The Morgan fingerprint density at radius 1 is 1.26 bits per heavy atom. The molecule has 0 radical (unpaired) electrons. The van der Waals surface area contributed by atoms with Crippen LogP contribution >= 0.6 is 11.8 Å². The van der Waals surface area contributed by atoms with E-state index in [9.17, 15) is 28.1 Å². The Labute approximate surface area is 131 Å². The number of nitro groups is 1. The van der Waals surface area contributed by atoms with Crippen molar-refractivity contribution in [3.05, 3.63) is 51.3 Å². The fourth-order valence-corrected chi connectivity index (χ4v) is 2.56. The summed E-state index contributed by atoms with van der Waals surface area (Å²) < 4.78 is 38.2. The van der Waals surface area contributed by atoms with E-state index >= 15 is 0 Å². The molecule has 1 heterocycles. The molecule has 2 aromatic rings. The summed E-state index contributed by atoms with van der Waals surface area (Å²) in [5.41, 5.74) is -1.30. The second-order valence-electron chi connectivity index (χ2n) is 4.37. The molecule has 0 fully saturated rings. The number of nitrogens with zero attached hydrogens (tertiary/aromatic N) is 3. The maximum Gasteiger partial charge on any atom is 0.433 e. The molecule has 0 unspecified atom stereocenters. The SMILES string of the molecule is Cc1cc(C(F)(F)F)nc(Sc2ccc([N+](=O)[O-])cc2C=O)n1. The molecule has 0 amide bonds. The zero-order chi connectivity index (χ0) is 17.2. The molecule has 0 N–H and O–H groups in total. The Hall–Kier alpha value is -2.49. The van der Waals surface area contributed by atoms with E-state index in [1.807, 2.05) is 0 Å². The maximum atomic E-state index is 12.7. The molecule has 0 atom stereocenters. The van der Waals surface area contributed by atoms with Gasteiger partial charge in [0, 0.05) is 28.3 Å². The molecule has 1 aromatic heterocycles. The molecule has 0 spiro atoms. The van der Waals surface area contributed by atoms with Crippen molar-refractivity contribution in [3.63, 3.8) is 0 Å². The summed E-state index contributed by atoms with van der Waals surface area (Å²) in [7, 11) is 0. The number of aryl methyl sites for hydroxylation is 1. The Balaban J connectivity index is 2.41. The lowest BCUT2D eigenvalue weighted by Gasteiger charge is -2.09. The summed E-state index contributed by atoms with van der Waals surface area (Å²) in [5.74, 6) is 0. The predicted molar refractivity (Wildman–Crippen MR) is 74.4 cm³/mol. The minimum atomic E-state index is -4.62. The first-order chi connectivity index (χ1) is 10.7. The molecule has 0 aliphatic rings. The van der Waals surface area contributed by atoms with Crippen molar-refractivity contribution in [2.75, 3.05) is 0 Å². The molecule has 0 bridgehead atoms. The predicted octanol–water partition coefficient (Wildman–Crippen LogP) is 3.68. The number of carbonyl (C=O) groups excluding carboxylic acids is 1. The lowest BCUT2D eigenvalue weighted by molar-refractivity contribution is -0.384. The van der Waals surface area contributed by atoms with Crippen molar-refractivity contribution in [3.8, 4) is 0 Å². The summed E-state index contributed by atoms with van der Waals surface area (Å²) in [6, 6.07) is 4.26. The lowest BCUT2D eigenvalue weighted by Crippen LogP contribution is -2.10. The third-order valence-corrected chi connectivity index (χ3v) is 3.61. The Bertz CT molecular complexity index is 781. The molecular formula is C13H8F3N3O3S. The normalized spacial score (nSPS) is 11.3. The second-order valence-corrected chi connectivity index (χ2v) is 5.38. The van der Waals surface area contributed by atoms with Crippen LogP contribution < -0.4 is 0 Å². The zero-order valence-electron chi connectivity index (χ0n) is 11.5. The van der Waals surface area contributed by atoms with Crippen LogP contribution in [-0.4, -0.2) is 21.2 Å². The zero-order valence-corrected chi connectivity index (χ0v) is 12.3. The average Bonchev–Trinajstić information content (AvgIpc) is 2.46. The van der Waals surface area contributed by atoms with Gasteiger partial charge in [-0.25, -0.2) is 9.97 Å². The van der Waals surface area contributed by atoms with Gasteiger partial charge in [-0.2, -0.15) is 13.2 Å². The highest BCUT2D eigenvalue weighted by atomic mass is 32.2. The van der Waals surface area contributed by atoms with Gasteiger partial charge < -0.3 is 0 Å². The van der Waals surface area contributed by atoms with Gasteiger partial charge in [0.05, 0.1) is 4.92 Å². The summed E-state index contributed by atoms with van der Waals surface area (Å²) in [6.45, 7) is 1.39. The van der Waals surface area contributed by atoms with Gasteiger partial charge in [-0.15, -0.1) is 0 Å². The van der Waals surface area contributed by atoms with Crippen LogP contribution in [0.1, 0.15) is 21.7 Å². The quantitative estimate of drug-likeness (QED) is 0.364. The lowest BCUT2D eigenvalue weighted by atomic mass is 10.2. The van der Waals surface area contributed by atoms with Gasteiger partial charge in [-0.1, -0.05) is 0 Å². The van der Waals surface area contributed by atoms with Crippen molar-refractivity contribution in [2.45, 2.75) is 23.2 Å². The Morgan fingerprint density at radius 3 is 2.52 bits per heavy atom. The topological polar surface area (TPSA) is 86.0 Å². The number of hydrogen-bond acceptors (Lipinski definition) is 6. The highest BCUT2D eigenvalue weighted by Crippen LogP contribution is 2.33. The van der Waals surface area contributed by atoms with E-state index in [1.165, 1.54) is 13.0 Å². The fraction of sp³-hybridized carbons (Fsp3) is 0.154. The van der Waals surface area contributed by atoms with Gasteiger partial charge in [0.15, 0.2) is 11.4 Å². The number of halogens is 3. The third-order valence-electron chi connectivity index (χ3n) is 2.66. The van der Waals surface area contributed by atoms with Gasteiger partial charge in [0.2, 0.25) is 0 Å². The van der Waals surface area contributed by atoms with E-state index in [4.69, 9.17) is 0 Å². The minimum absolute atomic E-state index is 0.0251. The van der Waals surface area contributed by atoms with Crippen molar-refractivity contribution in [2.24, 2.45) is 0 Å². The summed E-state index contributed by atoms with van der Waals surface area (Å²) in [6.07, 6.45) is -4.23. The Kier molecular flexibility index (Phi) is 4.64. The van der Waals surface area contributed by atoms with Crippen molar-refractivity contribution in [1.82, 2.24) is 9.97 Å². The smallest absolute Gasteiger partial charge is 0.298 e. The third kappa shape index (κ3) is 4.03. The number of rotatable bonds is 4. The fourth-order valence-electron chi connectivity index (χ4n) is 1.66. The molecule has 6 nitrogen and oxygen atoms in total. The van der Waals surface area contributed by atoms with Crippen LogP contribution in [0.25, 0.3) is 0 Å². The van der Waals surface area contributed by atoms with Crippen LogP contribution in [0.2, 0.25) is 0 Å². The molecule has 0 saturated carbocycles. The Morgan fingerprint density at radius 2 is 1.96 bits per heavy atom. The number of carbonyl (C=O) groups is 1. The first-order valence-corrected chi connectivity index (χ1v) is 6.86. The number of nitro benzene ring substituents is 1. The van der Waals surface area contributed by atoms with E-state index < -0.39 is 16.8 Å². The van der Waals surface area contributed by atoms with Gasteiger partial charge in [-0.05, 0) is 30.8 Å². The van der Waals surface area contributed by atoms with Crippen LogP contribution in [0.5, 0.6) is 0 Å². The maximum absolute atomic E-state index is 12.7. The number of benzene rings is 1. The molecular weight excluding hydrogens is 335 g/mol. The highest BCUT2D eigenvalue weighted by Gasteiger charge is 2.33. The molecule has 0 aliphatic heterocycles. The molecule has 2 rings (SSSR count). The van der Waals surface area contributed by atoms with Gasteiger partial charge in [0.25, 0.3) is 5.69 Å². The largest absolute Gasteiger partial charge is 0.433 e. The highest BCUT2D eigenvalue weighted by molar-refractivity contribution is 7.99. The van der Waals surface area contributed by atoms with E-state index in [0.29, 0.717) is 6.29 Å². The van der Waals surface area contributed by atoms with Gasteiger partial charge >= 0.3 is 6.18 Å².